The van der Waals surface area contributed by atoms with E-state index in [1.165, 1.54) is 6.20 Å². The van der Waals surface area contributed by atoms with E-state index in [1.807, 2.05) is 13.8 Å². The molecule has 1 saturated heterocycles. The van der Waals surface area contributed by atoms with Crippen LogP contribution in [-0.2, 0) is 4.74 Å². The number of anilines is 1. The van der Waals surface area contributed by atoms with Gasteiger partial charge in [-0.05, 0) is 26.3 Å². The molecule has 2 unspecified atom stereocenters. The Kier molecular flexibility index (Phi) is 3.81. The molecule has 0 aliphatic carbocycles. The molecule has 1 aromatic rings. The second-order valence-corrected chi connectivity index (χ2v) is 4.80. The minimum Gasteiger partial charge on any atom is -0.398 e. The van der Waals surface area contributed by atoms with Gasteiger partial charge in [-0.1, -0.05) is 0 Å². The van der Waals surface area contributed by atoms with Crippen LogP contribution in [0.25, 0.3) is 0 Å². The third kappa shape index (κ3) is 2.79. The molecule has 0 spiro atoms. The molecule has 2 heterocycles. The van der Waals surface area contributed by atoms with Crippen molar-refractivity contribution in [2.75, 3.05) is 18.9 Å². The molecule has 0 aromatic carbocycles. The van der Waals surface area contributed by atoms with Crippen LogP contribution in [0.1, 0.15) is 29.4 Å². The number of nitrogens with zero attached hydrogens (tertiary/aromatic N) is 1. The first kappa shape index (κ1) is 12.8. The zero-order chi connectivity index (χ0) is 13.1. The van der Waals surface area contributed by atoms with Gasteiger partial charge < -0.3 is 15.8 Å². The van der Waals surface area contributed by atoms with Gasteiger partial charge in [0.05, 0.1) is 12.2 Å². The number of nitrogen functional groups attached to an aromatic ring is 1. The fourth-order valence-corrected chi connectivity index (χ4v) is 2.12. The summed E-state index contributed by atoms with van der Waals surface area (Å²) in [6.07, 6.45) is 2.51. The van der Waals surface area contributed by atoms with Gasteiger partial charge in [0.15, 0.2) is 0 Å². The van der Waals surface area contributed by atoms with Gasteiger partial charge in [-0.3, -0.25) is 9.78 Å². The Morgan fingerprint density at radius 2 is 2.44 bits per heavy atom. The molecule has 1 fully saturated rings. The van der Waals surface area contributed by atoms with E-state index < -0.39 is 0 Å². The standard InChI is InChI=1S/C13H19N3O2/c1-8-5-12(14)11(6-15-8)13(17)16-9(2)10-3-4-18-7-10/h5-6,9-10H,3-4,7H2,1-2H3,(H2,14,15)(H,16,17). The van der Waals surface area contributed by atoms with Crippen molar-refractivity contribution in [3.8, 4) is 0 Å². The van der Waals surface area contributed by atoms with Crippen molar-refractivity contribution >= 4 is 11.6 Å². The van der Waals surface area contributed by atoms with E-state index in [0.717, 1.165) is 18.7 Å². The van der Waals surface area contributed by atoms with E-state index in [-0.39, 0.29) is 11.9 Å². The van der Waals surface area contributed by atoms with Crippen LogP contribution in [0, 0.1) is 12.8 Å². The fraction of sp³-hybridized carbons (Fsp3) is 0.538. The average molecular weight is 249 g/mol. The molecule has 0 radical (unpaired) electrons. The molecule has 1 aliphatic heterocycles. The third-order valence-electron chi connectivity index (χ3n) is 3.35. The van der Waals surface area contributed by atoms with Crippen molar-refractivity contribution in [2.45, 2.75) is 26.3 Å². The Morgan fingerprint density at radius 1 is 1.67 bits per heavy atom. The van der Waals surface area contributed by atoms with E-state index in [9.17, 15) is 4.79 Å². The zero-order valence-electron chi connectivity index (χ0n) is 10.8. The number of nitrogens with two attached hydrogens (primary N) is 1. The highest BCUT2D eigenvalue weighted by Gasteiger charge is 2.24. The predicted octanol–water partition coefficient (Wildman–Crippen LogP) is 1.13. The van der Waals surface area contributed by atoms with Crippen LogP contribution >= 0.6 is 0 Å². The zero-order valence-corrected chi connectivity index (χ0v) is 10.8. The maximum atomic E-state index is 12.1. The first-order valence-electron chi connectivity index (χ1n) is 6.18. The number of ether oxygens (including phenoxy) is 1. The summed E-state index contributed by atoms with van der Waals surface area (Å²) >= 11 is 0. The number of amides is 1. The molecule has 1 aromatic heterocycles. The summed E-state index contributed by atoms with van der Waals surface area (Å²) in [5.41, 5.74) is 7.54. The second kappa shape index (κ2) is 5.35. The molecular formula is C13H19N3O2. The van der Waals surface area contributed by atoms with Gasteiger partial charge in [0, 0.05) is 36.1 Å². The highest BCUT2D eigenvalue weighted by molar-refractivity contribution is 5.98. The summed E-state index contributed by atoms with van der Waals surface area (Å²) in [5, 5.41) is 2.96. The van der Waals surface area contributed by atoms with Crippen molar-refractivity contribution in [3.63, 3.8) is 0 Å². The van der Waals surface area contributed by atoms with Gasteiger partial charge in [-0.15, -0.1) is 0 Å². The van der Waals surface area contributed by atoms with Crippen molar-refractivity contribution < 1.29 is 9.53 Å². The molecule has 3 N–H and O–H groups in total. The summed E-state index contributed by atoms with van der Waals surface area (Å²) in [4.78, 5) is 16.2. The topological polar surface area (TPSA) is 77.2 Å². The number of rotatable bonds is 3. The molecule has 0 bridgehead atoms. The maximum absolute atomic E-state index is 12.1. The van der Waals surface area contributed by atoms with Crippen LogP contribution in [0.2, 0.25) is 0 Å². The quantitative estimate of drug-likeness (QED) is 0.841. The summed E-state index contributed by atoms with van der Waals surface area (Å²) in [6, 6.07) is 1.79. The van der Waals surface area contributed by atoms with Crippen molar-refractivity contribution in [2.24, 2.45) is 5.92 Å². The third-order valence-corrected chi connectivity index (χ3v) is 3.35. The molecule has 98 valence electrons. The van der Waals surface area contributed by atoms with E-state index in [1.54, 1.807) is 6.07 Å². The molecular weight excluding hydrogens is 230 g/mol. The number of nitrogens with one attached hydrogen (secondary N) is 1. The fourth-order valence-electron chi connectivity index (χ4n) is 2.12. The molecule has 0 saturated carbocycles. The lowest BCUT2D eigenvalue weighted by molar-refractivity contribution is 0.0922. The predicted molar refractivity (Wildman–Crippen MR) is 69.2 cm³/mol. The van der Waals surface area contributed by atoms with Gasteiger partial charge in [0.2, 0.25) is 0 Å². The minimum atomic E-state index is -0.167. The largest absolute Gasteiger partial charge is 0.398 e. The number of aryl methyl sites for hydroxylation is 1. The monoisotopic (exact) mass is 249 g/mol. The van der Waals surface area contributed by atoms with Crippen molar-refractivity contribution in [3.05, 3.63) is 23.5 Å². The van der Waals surface area contributed by atoms with Crippen LogP contribution in [-0.4, -0.2) is 30.1 Å². The van der Waals surface area contributed by atoms with E-state index >= 15 is 0 Å². The molecule has 1 amide bonds. The molecule has 2 rings (SSSR count). The number of pyridine rings is 1. The van der Waals surface area contributed by atoms with Crippen LogP contribution in [0.3, 0.4) is 0 Å². The number of hydrogen-bond acceptors (Lipinski definition) is 4. The summed E-state index contributed by atoms with van der Waals surface area (Å²) in [5.74, 6) is 0.216. The molecule has 18 heavy (non-hydrogen) atoms. The van der Waals surface area contributed by atoms with Gasteiger partial charge in [-0.2, -0.15) is 0 Å². The Morgan fingerprint density at radius 3 is 3.06 bits per heavy atom. The molecule has 2 atom stereocenters. The lowest BCUT2D eigenvalue weighted by Crippen LogP contribution is -2.38. The van der Waals surface area contributed by atoms with Gasteiger partial charge >= 0.3 is 0 Å². The average Bonchev–Trinajstić information content (AvgIpc) is 2.81. The highest BCUT2D eigenvalue weighted by atomic mass is 16.5. The highest BCUT2D eigenvalue weighted by Crippen LogP contribution is 2.17. The van der Waals surface area contributed by atoms with Gasteiger partial charge in [0.1, 0.15) is 0 Å². The Hall–Kier alpha value is -1.62. The summed E-state index contributed by atoms with van der Waals surface area (Å²) in [7, 11) is 0. The Balaban J connectivity index is 2.02. The summed E-state index contributed by atoms with van der Waals surface area (Å²) < 4.78 is 5.32. The van der Waals surface area contributed by atoms with E-state index in [0.29, 0.717) is 23.8 Å². The maximum Gasteiger partial charge on any atom is 0.255 e. The Labute approximate surface area is 107 Å². The smallest absolute Gasteiger partial charge is 0.255 e. The number of carbonyl (C=O) groups excluding carboxylic acids is 1. The minimum absolute atomic E-state index is 0.0840. The molecule has 1 aliphatic rings. The van der Waals surface area contributed by atoms with E-state index in [4.69, 9.17) is 10.5 Å². The Bertz CT molecular complexity index is 442. The lowest BCUT2D eigenvalue weighted by Gasteiger charge is -2.19. The van der Waals surface area contributed by atoms with Gasteiger partial charge in [-0.25, -0.2) is 0 Å². The van der Waals surface area contributed by atoms with E-state index in [2.05, 4.69) is 10.3 Å². The van der Waals surface area contributed by atoms with Gasteiger partial charge in [0.25, 0.3) is 5.91 Å². The van der Waals surface area contributed by atoms with Crippen LogP contribution in [0.15, 0.2) is 12.3 Å². The first-order chi connectivity index (χ1) is 8.58. The first-order valence-corrected chi connectivity index (χ1v) is 6.18. The van der Waals surface area contributed by atoms with Crippen molar-refractivity contribution in [1.29, 1.82) is 0 Å². The number of aromatic nitrogens is 1. The number of carbonyl (C=O) groups is 1. The molecule has 5 heteroatoms. The SMILES string of the molecule is Cc1cc(N)c(C(=O)NC(C)C2CCOC2)cn1. The normalized spacial score (nSPS) is 20.7. The van der Waals surface area contributed by atoms with Crippen LogP contribution in [0.5, 0.6) is 0 Å². The lowest BCUT2D eigenvalue weighted by atomic mass is 10.0. The second-order valence-electron chi connectivity index (χ2n) is 4.80. The summed E-state index contributed by atoms with van der Waals surface area (Å²) in [6.45, 7) is 5.33. The molecule has 5 nitrogen and oxygen atoms in total. The van der Waals surface area contributed by atoms with Crippen molar-refractivity contribution in [1.82, 2.24) is 10.3 Å². The van der Waals surface area contributed by atoms with Crippen LogP contribution in [0.4, 0.5) is 5.69 Å². The number of hydrogen-bond donors (Lipinski definition) is 2. The van der Waals surface area contributed by atoms with Crippen LogP contribution < -0.4 is 11.1 Å².